The Labute approximate surface area is 157 Å². The number of ether oxygens (including phenoxy) is 1. The first-order valence-electron chi connectivity index (χ1n) is 7.56. The lowest BCUT2D eigenvalue weighted by molar-refractivity contribution is -0.394. The molecule has 9 nitrogen and oxygen atoms in total. The Bertz CT molecular complexity index is 942. The second-order valence-electron chi connectivity index (χ2n) is 5.15. The Kier molecular flexibility index (Phi) is 6.09. The minimum Gasteiger partial charge on any atom is -0.506 e. The molecule has 0 radical (unpaired) electrons. The summed E-state index contributed by atoms with van der Waals surface area (Å²) in [6.45, 7) is 1.46. The molecule has 0 aliphatic rings. The number of esters is 1. The number of rotatable bonds is 6. The zero-order valence-corrected chi connectivity index (χ0v) is 14.7. The van der Waals surface area contributed by atoms with Gasteiger partial charge in [-0.1, -0.05) is 41.9 Å². The predicted molar refractivity (Wildman–Crippen MR) is 97.3 cm³/mol. The zero-order valence-electron chi connectivity index (χ0n) is 13.9. The molecule has 0 unspecified atom stereocenters. The fourth-order valence-corrected chi connectivity index (χ4v) is 2.55. The summed E-state index contributed by atoms with van der Waals surface area (Å²) in [7, 11) is 0. The maximum atomic E-state index is 12.4. The lowest BCUT2D eigenvalue weighted by Crippen LogP contribution is -2.11. The highest BCUT2D eigenvalue weighted by Gasteiger charge is 2.31. The molecule has 0 saturated carbocycles. The Hall–Kier alpha value is -3.46. The summed E-state index contributed by atoms with van der Waals surface area (Å²) in [6, 6.07) is 9.34. The molecule has 0 fully saturated rings. The average Bonchev–Trinajstić information content (AvgIpc) is 2.62. The number of halogens is 1. The highest BCUT2D eigenvalue weighted by Crippen LogP contribution is 2.38. The van der Waals surface area contributed by atoms with Gasteiger partial charge in [0.15, 0.2) is 0 Å². The second kappa shape index (κ2) is 8.28. The number of nitrogens with zero attached hydrogens (tertiary/aromatic N) is 2. The highest BCUT2D eigenvalue weighted by molar-refractivity contribution is 6.33. The van der Waals surface area contributed by atoms with Crippen molar-refractivity contribution in [3.8, 4) is 0 Å². The van der Waals surface area contributed by atoms with Crippen molar-refractivity contribution in [2.24, 2.45) is 0 Å². The highest BCUT2D eigenvalue weighted by atomic mass is 35.5. The fourth-order valence-electron chi connectivity index (χ4n) is 2.32. The van der Waals surface area contributed by atoms with Crippen molar-refractivity contribution in [2.75, 3.05) is 6.61 Å². The standard InChI is InChI=1S/C17H13ClN2O7/c1-2-27-17(22)15(16(21)10-6-4-3-5-7-10)11-8-12(18)14(20(25)26)9-13(11)19(23)24/h3-9,21H,2H2,1H3/b16-15+. The van der Waals surface area contributed by atoms with Crippen LogP contribution in [0.5, 0.6) is 0 Å². The summed E-state index contributed by atoms with van der Waals surface area (Å²) in [6.07, 6.45) is 0. The SMILES string of the molecule is CCOC(=O)/C(=C(/O)c1ccccc1)c1cc(Cl)c([N+](=O)[O-])cc1[N+](=O)[O-]. The van der Waals surface area contributed by atoms with Gasteiger partial charge in [0.1, 0.15) is 16.4 Å². The largest absolute Gasteiger partial charge is 0.506 e. The van der Waals surface area contributed by atoms with Gasteiger partial charge in [-0.15, -0.1) is 0 Å². The number of nitro groups is 2. The number of hydrogen-bond acceptors (Lipinski definition) is 7. The summed E-state index contributed by atoms with van der Waals surface area (Å²) in [5.74, 6) is -1.62. The van der Waals surface area contributed by atoms with E-state index in [1.807, 2.05) is 0 Å². The molecule has 2 aromatic carbocycles. The Morgan fingerprint density at radius 2 is 1.70 bits per heavy atom. The van der Waals surface area contributed by atoms with Crippen molar-refractivity contribution in [2.45, 2.75) is 6.92 Å². The molecule has 2 aromatic rings. The van der Waals surface area contributed by atoms with Crippen LogP contribution in [-0.2, 0) is 9.53 Å². The summed E-state index contributed by atoms with van der Waals surface area (Å²) in [5, 5.41) is 32.6. The molecule has 0 aromatic heterocycles. The van der Waals surface area contributed by atoms with Gasteiger partial charge in [0.25, 0.3) is 11.4 Å². The quantitative estimate of drug-likeness (QED) is 0.195. The van der Waals surface area contributed by atoms with E-state index in [2.05, 4.69) is 0 Å². The zero-order chi connectivity index (χ0) is 20.1. The minimum atomic E-state index is -1.04. The molecular formula is C17H13ClN2O7. The topological polar surface area (TPSA) is 133 Å². The number of carbonyl (C=O) groups is 1. The van der Waals surface area contributed by atoms with Crippen molar-refractivity contribution in [1.29, 1.82) is 0 Å². The fraction of sp³-hybridized carbons (Fsp3) is 0.118. The van der Waals surface area contributed by atoms with Crippen LogP contribution in [0.3, 0.4) is 0 Å². The number of carbonyl (C=O) groups excluding carboxylic acids is 1. The van der Waals surface area contributed by atoms with Crippen LogP contribution in [0.2, 0.25) is 5.02 Å². The van der Waals surface area contributed by atoms with Crippen LogP contribution in [0.25, 0.3) is 11.3 Å². The van der Waals surface area contributed by atoms with E-state index >= 15 is 0 Å². The van der Waals surface area contributed by atoms with Gasteiger partial charge in [0.05, 0.1) is 28.1 Å². The van der Waals surface area contributed by atoms with Gasteiger partial charge in [-0.3, -0.25) is 20.2 Å². The van der Waals surface area contributed by atoms with Crippen LogP contribution in [0.15, 0.2) is 42.5 Å². The normalized spacial score (nSPS) is 11.5. The number of hydrogen-bond donors (Lipinski definition) is 1. The van der Waals surface area contributed by atoms with Crippen LogP contribution in [0, 0.1) is 20.2 Å². The first-order chi connectivity index (χ1) is 12.8. The first-order valence-corrected chi connectivity index (χ1v) is 7.94. The van der Waals surface area contributed by atoms with E-state index in [9.17, 15) is 30.1 Å². The van der Waals surface area contributed by atoms with Crippen LogP contribution in [-0.4, -0.2) is 27.5 Å². The van der Waals surface area contributed by atoms with Crippen LogP contribution in [0.4, 0.5) is 11.4 Å². The molecule has 0 amide bonds. The molecule has 0 aliphatic carbocycles. The Morgan fingerprint density at radius 3 is 2.22 bits per heavy atom. The Balaban J connectivity index is 2.85. The van der Waals surface area contributed by atoms with Crippen molar-refractivity contribution < 1.29 is 24.5 Å². The minimum absolute atomic E-state index is 0.0566. The van der Waals surface area contributed by atoms with Gasteiger partial charge in [-0.05, 0) is 13.0 Å². The van der Waals surface area contributed by atoms with Gasteiger partial charge in [-0.2, -0.15) is 0 Å². The monoisotopic (exact) mass is 392 g/mol. The second-order valence-corrected chi connectivity index (χ2v) is 5.55. The van der Waals surface area contributed by atoms with E-state index in [1.54, 1.807) is 18.2 Å². The van der Waals surface area contributed by atoms with Crippen molar-refractivity contribution in [1.82, 2.24) is 0 Å². The van der Waals surface area contributed by atoms with E-state index in [1.165, 1.54) is 19.1 Å². The number of aliphatic hydroxyl groups excluding tert-OH is 1. The van der Waals surface area contributed by atoms with E-state index in [4.69, 9.17) is 16.3 Å². The first kappa shape index (κ1) is 19.9. The average molecular weight is 393 g/mol. The summed E-state index contributed by atoms with van der Waals surface area (Å²) in [5.41, 5.74) is -2.18. The molecule has 0 atom stereocenters. The number of benzene rings is 2. The molecule has 2 rings (SSSR count). The van der Waals surface area contributed by atoms with Crippen molar-refractivity contribution in [3.63, 3.8) is 0 Å². The third-order valence-corrected chi connectivity index (χ3v) is 3.79. The molecule has 0 saturated heterocycles. The lowest BCUT2D eigenvalue weighted by atomic mass is 9.98. The van der Waals surface area contributed by atoms with E-state index in [0.29, 0.717) is 6.07 Å². The number of nitro benzene ring substituents is 2. The maximum Gasteiger partial charge on any atom is 0.342 e. The van der Waals surface area contributed by atoms with Gasteiger partial charge in [-0.25, -0.2) is 4.79 Å². The van der Waals surface area contributed by atoms with Gasteiger partial charge in [0, 0.05) is 5.56 Å². The molecule has 0 aliphatic heterocycles. The van der Waals surface area contributed by atoms with Gasteiger partial charge in [0.2, 0.25) is 0 Å². The molecule has 10 heteroatoms. The van der Waals surface area contributed by atoms with E-state index in [-0.39, 0.29) is 12.2 Å². The molecular weight excluding hydrogens is 380 g/mol. The molecule has 0 bridgehead atoms. The van der Waals surface area contributed by atoms with E-state index in [0.717, 1.165) is 6.07 Å². The molecule has 140 valence electrons. The summed E-state index contributed by atoms with van der Waals surface area (Å²) >= 11 is 5.86. The molecule has 1 N–H and O–H groups in total. The third-order valence-electron chi connectivity index (χ3n) is 3.49. The van der Waals surface area contributed by atoms with Crippen LogP contribution in [0.1, 0.15) is 18.1 Å². The van der Waals surface area contributed by atoms with Crippen molar-refractivity contribution in [3.05, 3.63) is 78.8 Å². The van der Waals surface area contributed by atoms with Crippen molar-refractivity contribution >= 4 is 40.3 Å². The summed E-state index contributed by atoms with van der Waals surface area (Å²) < 4.78 is 4.90. The molecule has 0 heterocycles. The molecule has 0 spiro atoms. The third kappa shape index (κ3) is 4.21. The Morgan fingerprint density at radius 1 is 1.11 bits per heavy atom. The predicted octanol–water partition coefficient (Wildman–Crippen LogP) is 4.15. The van der Waals surface area contributed by atoms with Gasteiger partial charge < -0.3 is 9.84 Å². The number of aliphatic hydroxyl groups is 1. The smallest absolute Gasteiger partial charge is 0.342 e. The van der Waals surface area contributed by atoms with Gasteiger partial charge >= 0.3 is 5.97 Å². The van der Waals surface area contributed by atoms with Crippen LogP contribution >= 0.6 is 11.6 Å². The van der Waals surface area contributed by atoms with E-state index < -0.39 is 49.1 Å². The lowest BCUT2D eigenvalue weighted by Gasteiger charge is -2.12. The summed E-state index contributed by atoms with van der Waals surface area (Å²) in [4.78, 5) is 33.1. The van der Waals surface area contributed by atoms with Crippen LogP contribution < -0.4 is 0 Å². The maximum absolute atomic E-state index is 12.4. The molecule has 27 heavy (non-hydrogen) atoms.